The number of carbonyl (C=O) groups excluding carboxylic acids is 2. The monoisotopic (exact) mass is 954 g/mol. The largest absolute Gasteiger partial charge is 0.494 e. The molecule has 5 N–H and O–H groups in total. The van der Waals surface area contributed by atoms with Crippen molar-refractivity contribution in [3.63, 3.8) is 0 Å². The number of hydrogen-bond acceptors (Lipinski definition) is 16. The quantitative estimate of drug-likeness (QED) is 0.0588. The van der Waals surface area contributed by atoms with Crippen molar-refractivity contribution < 1.29 is 27.8 Å². The first-order chi connectivity index (χ1) is 33.4. The lowest BCUT2D eigenvalue weighted by atomic mass is 10.1. The summed E-state index contributed by atoms with van der Waals surface area (Å²) in [6.07, 6.45) is 12.8. The number of anilines is 7. The molecule has 0 radical (unpaired) electrons. The van der Waals surface area contributed by atoms with Gasteiger partial charge in [-0.25, -0.2) is 38.7 Å². The van der Waals surface area contributed by atoms with Gasteiger partial charge in [0.2, 0.25) is 0 Å². The van der Waals surface area contributed by atoms with E-state index in [1.165, 1.54) is 49.1 Å². The van der Waals surface area contributed by atoms with E-state index in [9.17, 15) is 18.4 Å². The van der Waals surface area contributed by atoms with Crippen LogP contribution in [0.4, 0.5) is 49.0 Å². The molecule has 21 heteroatoms. The van der Waals surface area contributed by atoms with E-state index in [2.05, 4.69) is 56.1 Å². The summed E-state index contributed by atoms with van der Waals surface area (Å²) < 4.78 is 40.8. The molecule has 0 bridgehead atoms. The Kier molecular flexibility index (Phi) is 14.4. The molecule has 10 rings (SSSR count). The molecule has 0 amide bonds. The second-order valence-corrected chi connectivity index (χ2v) is 16.2. The van der Waals surface area contributed by atoms with Gasteiger partial charge in [-0.15, -0.1) is 0 Å². The topological polar surface area (TPSA) is 228 Å². The molecule has 2 fully saturated rings. The number of carbonyl (C=O) groups is 2. The Labute approximate surface area is 399 Å². The van der Waals surface area contributed by atoms with E-state index < -0.39 is 11.6 Å². The van der Waals surface area contributed by atoms with Crippen LogP contribution in [0.25, 0.3) is 22.8 Å². The van der Waals surface area contributed by atoms with Gasteiger partial charge in [0, 0.05) is 56.8 Å². The molecule has 6 aromatic heterocycles. The number of nitrogens with zero attached hydrogens (tertiary/aromatic N) is 10. The number of nitrogens with one attached hydrogen (secondary N) is 3. The smallest absolute Gasteiger partial charge is 0.184 e. The van der Waals surface area contributed by atoms with Crippen molar-refractivity contribution >= 4 is 63.4 Å². The number of hydrogen-bond donors (Lipinski definition) is 4. The molecule has 2 aromatic carbocycles. The van der Waals surface area contributed by atoms with Crippen molar-refractivity contribution in [1.82, 2.24) is 49.5 Å². The van der Waals surface area contributed by atoms with Crippen molar-refractivity contribution in [1.29, 1.82) is 0 Å². The molecule has 0 atom stereocenters. The van der Waals surface area contributed by atoms with Crippen LogP contribution < -0.4 is 31.2 Å². The van der Waals surface area contributed by atoms with Gasteiger partial charge in [0.05, 0.1) is 59.2 Å². The number of para-hydroxylation sites is 2. The molecule has 0 spiro atoms. The summed E-state index contributed by atoms with van der Waals surface area (Å²) in [6, 6.07) is 20.1. The molecule has 0 saturated heterocycles. The lowest BCUT2D eigenvalue weighted by Gasteiger charge is -2.17. The summed E-state index contributed by atoms with van der Waals surface area (Å²) in [5.74, 6) is 1.74. The zero-order chi connectivity index (χ0) is 48.6. The number of benzene rings is 2. The molecule has 2 aliphatic rings. The highest BCUT2D eigenvalue weighted by molar-refractivity contribution is 6.30. The van der Waals surface area contributed by atoms with E-state index in [1.54, 1.807) is 62.5 Å². The predicted octanol–water partition coefficient (Wildman–Crippen LogP) is 9.18. The minimum absolute atomic E-state index is 0.000317. The van der Waals surface area contributed by atoms with Gasteiger partial charge in [-0.2, -0.15) is 10.2 Å². The highest BCUT2D eigenvalue weighted by Crippen LogP contribution is 2.41. The molecule has 2 saturated carbocycles. The Balaban J connectivity index is 0.000000163. The van der Waals surface area contributed by atoms with Gasteiger partial charge in [-0.3, -0.25) is 19.0 Å². The summed E-state index contributed by atoms with van der Waals surface area (Å²) in [7, 11) is 6.74. The zero-order valence-corrected chi connectivity index (χ0v) is 38.4. The molecule has 352 valence electrons. The van der Waals surface area contributed by atoms with Crippen LogP contribution in [0.2, 0.25) is 5.15 Å². The number of nitrogens with two attached hydrogens (primary N) is 1. The maximum Gasteiger partial charge on any atom is 0.184 e. The average Bonchev–Trinajstić information content (AvgIpc) is 4.29. The standard InChI is InChI=1S/C24H22FN7O2.C19H18ClN5O2.C5H5FN2/c1-32-13-28-23(31-32)15-5-3-7-18(22(15)34-2)29-19-11-20(30-24-17(25)6-4-10-26-24)27-12-16(19)21(33)14-8-9-14;1-25-10-22-19(24-25)12-4-3-5-14(18(12)27-2)23-15-8-16(20)21-9-13(15)17(26)11-6-7-11;6-4-2-1-3-8-5(4)7/h3-7,10-14H,8-9H2,1-2H3,(H2,26,27,29,30);3-5,8-11H,6-7H2,1-2H3,(H,21,23);1-3H,(H2,7,8). The first-order valence-electron chi connectivity index (χ1n) is 21.5. The lowest BCUT2D eigenvalue weighted by Crippen LogP contribution is -2.09. The number of ether oxygens (including phenoxy) is 2. The number of aryl methyl sites for hydroxylation is 2. The Morgan fingerprint density at radius 3 is 1.59 bits per heavy atom. The van der Waals surface area contributed by atoms with Crippen LogP contribution in [0.1, 0.15) is 46.4 Å². The molecule has 8 aromatic rings. The number of rotatable bonds is 14. The Morgan fingerprint density at radius 1 is 0.638 bits per heavy atom. The maximum absolute atomic E-state index is 14.1. The molecule has 69 heavy (non-hydrogen) atoms. The first kappa shape index (κ1) is 47.1. The molecule has 6 heterocycles. The van der Waals surface area contributed by atoms with E-state index in [1.807, 2.05) is 36.4 Å². The van der Waals surface area contributed by atoms with Gasteiger partial charge >= 0.3 is 0 Å². The van der Waals surface area contributed by atoms with Gasteiger partial charge in [-0.1, -0.05) is 23.7 Å². The number of aromatic nitrogens is 10. The van der Waals surface area contributed by atoms with Crippen molar-refractivity contribution in [3.05, 3.63) is 138 Å². The number of pyridine rings is 4. The first-order valence-corrected chi connectivity index (χ1v) is 21.9. The fraction of sp³-hybridized carbons (Fsp3) is 0.208. The summed E-state index contributed by atoms with van der Waals surface area (Å²) in [5, 5.41) is 18.5. The van der Waals surface area contributed by atoms with E-state index in [-0.39, 0.29) is 35.0 Å². The number of Topliss-reactive ketones (excluding diaryl/α,β-unsaturated/α-hetero) is 2. The van der Waals surface area contributed by atoms with Gasteiger partial charge in [0.25, 0.3) is 0 Å². The van der Waals surface area contributed by atoms with Crippen molar-refractivity contribution in [2.45, 2.75) is 25.7 Å². The highest BCUT2D eigenvalue weighted by atomic mass is 35.5. The molecule has 18 nitrogen and oxygen atoms in total. The Bertz CT molecular complexity index is 3120. The highest BCUT2D eigenvalue weighted by Gasteiger charge is 2.33. The zero-order valence-electron chi connectivity index (χ0n) is 37.7. The van der Waals surface area contributed by atoms with E-state index in [0.717, 1.165) is 31.2 Å². The number of nitrogen functional groups attached to an aromatic ring is 1. The van der Waals surface area contributed by atoms with Crippen molar-refractivity contribution in [3.8, 4) is 34.3 Å². The van der Waals surface area contributed by atoms with E-state index in [0.29, 0.717) is 73.6 Å². The summed E-state index contributed by atoms with van der Waals surface area (Å²) in [4.78, 5) is 50.1. The Hall–Kier alpha value is -8.39. The minimum atomic E-state index is -0.505. The lowest BCUT2D eigenvalue weighted by molar-refractivity contribution is 0.0960. The van der Waals surface area contributed by atoms with Crippen LogP contribution >= 0.6 is 11.6 Å². The number of halogens is 3. The SMILES string of the molecule is COc1c(Nc2cc(Cl)ncc2C(=O)C2CC2)cccc1-c1ncn(C)n1.COc1c(Nc2cc(Nc3ncccc3F)ncc2C(=O)C2CC2)cccc1-c1ncn(C)n1.Nc1ncccc1F. The van der Waals surface area contributed by atoms with Crippen LogP contribution in [-0.2, 0) is 14.1 Å². The molecule has 0 aliphatic heterocycles. The fourth-order valence-corrected chi connectivity index (χ4v) is 7.12. The van der Waals surface area contributed by atoms with Crippen molar-refractivity contribution in [2.24, 2.45) is 25.9 Å². The van der Waals surface area contributed by atoms with Gasteiger partial charge in [-0.05, 0) is 80.3 Å². The fourth-order valence-electron chi connectivity index (χ4n) is 6.96. The summed E-state index contributed by atoms with van der Waals surface area (Å²) in [6.45, 7) is 0. The van der Waals surface area contributed by atoms with Crippen LogP contribution in [0.5, 0.6) is 11.5 Å². The number of methoxy groups -OCH3 is 2. The van der Waals surface area contributed by atoms with Crippen LogP contribution in [0.3, 0.4) is 0 Å². The molecule has 0 unspecified atom stereocenters. The van der Waals surface area contributed by atoms with Crippen LogP contribution in [0.15, 0.2) is 110 Å². The molecule has 2 aliphatic carbocycles. The summed E-state index contributed by atoms with van der Waals surface area (Å²) >= 11 is 6.07. The predicted molar refractivity (Wildman–Crippen MR) is 256 cm³/mol. The minimum Gasteiger partial charge on any atom is -0.494 e. The number of ketones is 2. The second kappa shape index (κ2) is 21.1. The molecular formula is C48H45ClF2N14O4. The van der Waals surface area contributed by atoms with E-state index in [4.69, 9.17) is 26.8 Å². The van der Waals surface area contributed by atoms with Gasteiger partial charge in [0.1, 0.15) is 23.6 Å². The second-order valence-electron chi connectivity index (χ2n) is 15.8. The third-order valence-electron chi connectivity index (χ3n) is 10.7. The van der Waals surface area contributed by atoms with Crippen molar-refractivity contribution in [2.75, 3.05) is 35.9 Å². The normalized spacial score (nSPS) is 12.7. The van der Waals surface area contributed by atoms with Gasteiger partial charge < -0.3 is 31.2 Å². The third kappa shape index (κ3) is 11.4. The van der Waals surface area contributed by atoms with Crippen LogP contribution in [0, 0.1) is 23.5 Å². The average molecular weight is 955 g/mol. The third-order valence-corrected chi connectivity index (χ3v) is 10.9. The van der Waals surface area contributed by atoms with Gasteiger partial charge in [0.15, 0.2) is 58.0 Å². The van der Waals surface area contributed by atoms with E-state index >= 15 is 0 Å². The maximum atomic E-state index is 14.1. The Morgan fingerprint density at radius 2 is 1.14 bits per heavy atom. The summed E-state index contributed by atoms with van der Waals surface area (Å²) in [5.41, 5.74) is 9.92. The van der Waals surface area contributed by atoms with Crippen LogP contribution in [-0.4, -0.2) is 75.3 Å². The molecular weight excluding hydrogens is 910 g/mol.